The predicted octanol–water partition coefficient (Wildman–Crippen LogP) is 8.40. The molecule has 232 valence electrons. The molecule has 8 fully saturated rings. The lowest BCUT2D eigenvalue weighted by Gasteiger charge is -2.57. The van der Waals surface area contributed by atoms with Crippen LogP contribution in [0.1, 0.15) is 89.9 Å². The fourth-order valence-corrected chi connectivity index (χ4v) is 12.7. The van der Waals surface area contributed by atoms with E-state index >= 15 is 0 Å². The van der Waals surface area contributed by atoms with E-state index < -0.39 is 0 Å². The van der Waals surface area contributed by atoms with E-state index in [1.165, 1.54) is 77.0 Å². The first-order valence-electron chi connectivity index (χ1n) is 17.9. The van der Waals surface area contributed by atoms with E-state index in [-0.39, 0.29) is 29.3 Å². The first-order chi connectivity index (χ1) is 21.9. The molecule has 8 aliphatic carbocycles. The maximum atomic E-state index is 14.4. The van der Waals surface area contributed by atoms with E-state index in [0.717, 1.165) is 69.7 Å². The minimum absolute atomic E-state index is 0.0613. The zero-order valence-electron chi connectivity index (χ0n) is 26.3. The Hall–Kier alpha value is -3.28. The highest BCUT2D eigenvalue weighted by Crippen LogP contribution is 2.63. The molecule has 8 saturated carbocycles. The van der Waals surface area contributed by atoms with Gasteiger partial charge in [-0.15, -0.1) is 0 Å². The number of carbonyl (C=O) groups is 2. The quantitative estimate of drug-likeness (QED) is 0.354. The maximum absolute atomic E-state index is 14.4. The lowest BCUT2D eigenvalue weighted by Crippen LogP contribution is -2.52. The molecule has 0 saturated heterocycles. The van der Waals surface area contributed by atoms with Crippen LogP contribution < -0.4 is 9.80 Å². The van der Waals surface area contributed by atoms with Crippen molar-refractivity contribution in [2.75, 3.05) is 16.5 Å². The first kappa shape index (κ1) is 26.9. The highest BCUT2D eigenvalue weighted by molar-refractivity contribution is 6.16. The van der Waals surface area contributed by atoms with Crippen LogP contribution >= 0.6 is 0 Å². The van der Waals surface area contributed by atoms with Gasteiger partial charge in [0.15, 0.2) is 0 Å². The van der Waals surface area contributed by atoms with Gasteiger partial charge in [0.2, 0.25) is 11.8 Å². The second-order valence-electron chi connectivity index (χ2n) is 16.6. The SMILES string of the molecule is O=C1CC(C23CC4CC(CC(C4)C2)C3)=Nc2ccccc2N1CN1C(=O)CC(C23CC4CC(CC(C4)C2)C3)=Nc2ccccc21. The molecule has 12 rings (SSSR count). The van der Waals surface area contributed by atoms with Gasteiger partial charge in [-0.05, 0) is 137 Å². The van der Waals surface area contributed by atoms with Crippen molar-refractivity contribution in [3.8, 4) is 0 Å². The average Bonchev–Trinajstić information content (AvgIpc) is 3.24. The Balaban J connectivity index is 0.984. The monoisotopic (exact) mass is 600 g/mol. The highest BCUT2D eigenvalue weighted by Gasteiger charge is 2.55. The van der Waals surface area contributed by atoms with Crippen LogP contribution in [0.2, 0.25) is 0 Å². The maximum Gasteiger partial charge on any atom is 0.234 e. The molecule has 45 heavy (non-hydrogen) atoms. The van der Waals surface area contributed by atoms with E-state index in [4.69, 9.17) is 9.98 Å². The molecule has 0 spiro atoms. The Morgan fingerprint density at radius 3 is 1.22 bits per heavy atom. The number of benzene rings is 2. The van der Waals surface area contributed by atoms with Crippen LogP contribution in [-0.4, -0.2) is 29.9 Å². The average molecular weight is 601 g/mol. The largest absolute Gasteiger partial charge is 0.291 e. The van der Waals surface area contributed by atoms with Crippen molar-refractivity contribution in [1.82, 2.24) is 0 Å². The number of aliphatic imine (C=N–C) groups is 2. The Kier molecular flexibility index (Phi) is 5.75. The summed E-state index contributed by atoms with van der Waals surface area (Å²) in [5.74, 6) is 4.86. The fourth-order valence-electron chi connectivity index (χ4n) is 12.7. The number of hydrogen-bond acceptors (Lipinski definition) is 4. The summed E-state index contributed by atoms with van der Waals surface area (Å²) in [6, 6.07) is 16.2. The van der Waals surface area contributed by atoms with Crippen LogP contribution in [-0.2, 0) is 9.59 Å². The summed E-state index contributed by atoms with van der Waals surface area (Å²) < 4.78 is 0. The number of nitrogens with zero attached hydrogens (tertiary/aromatic N) is 4. The van der Waals surface area contributed by atoms with Gasteiger partial charge in [-0.3, -0.25) is 29.4 Å². The molecule has 0 N–H and O–H groups in total. The van der Waals surface area contributed by atoms with Gasteiger partial charge in [-0.25, -0.2) is 0 Å². The number of hydrogen-bond donors (Lipinski definition) is 0. The van der Waals surface area contributed by atoms with Crippen LogP contribution in [0.5, 0.6) is 0 Å². The van der Waals surface area contributed by atoms with E-state index in [2.05, 4.69) is 12.1 Å². The number of anilines is 2. The number of fused-ring (bicyclic) bond motifs is 2. The summed E-state index contributed by atoms with van der Waals surface area (Å²) in [5, 5.41) is 0. The lowest BCUT2D eigenvalue weighted by molar-refractivity contribution is -0.118. The molecule has 2 aromatic rings. The fraction of sp³-hybridized carbons (Fsp3) is 0.590. The van der Waals surface area contributed by atoms with Gasteiger partial charge in [0.05, 0.1) is 35.6 Å². The summed E-state index contributed by atoms with van der Waals surface area (Å²) in [6.07, 6.45) is 16.0. The molecule has 0 atom stereocenters. The molecule has 0 unspecified atom stereocenters. The van der Waals surface area contributed by atoms with E-state index in [1.54, 1.807) is 0 Å². The van der Waals surface area contributed by atoms with E-state index in [1.807, 2.05) is 46.2 Å². The molecular weight excluding hydrogens is 556 g/mol. The number of carbonyl (C=O) groups excluding carboxylic acids is 2. The van der Waals surface area contributed by atoms with E-state index in [0.29, 0.717) is 12.8 Å². The molecule has 2 amide bonds. The minimum Gasteiger partial charge on any atom is -0.291 e. The van der Waals surface area contributed by atoms with Crippen LogP contribution in [0.3, 0.4) is 0 Å². The van der Waals surface area contributed by atoms with Crippen molar-refractivity contribution in [2.45, 2.75) is 89.9 Å². The number of amides is 2. The zero-order valence-corrected chi connectivity index (χ0v) is 26.3. The van der Waals surface area contributed by atoms with Crippen LogP contribution in [0.15, 0.2) is 58.5 Å². The third kappa shape index (κ3) is 4.19. The number of rotatable bonds is 4. The Morgan fingerprint density at radius 2 is 0.867 bits per heavy atom. The Morgan fingerprint density at radius 1 is 0.533 bits per heavy atom. The minimum atomic E-state index is 0.0613. The van der Waals surface area contributed by atoms with Gasteiger partial charge in [0, 0.05) is 22.3 Å². The summed E-state index contributed by atoms with van der Waals surface area (Å²) in [4.78, 5) is 43.3. The van der Waals surface area contributed by atoms with E-state index in [9.17, 15) is 9.59 Å². The third-order valence-electron chi connectivity index (χ3n) is 13.7. The van der Waals surface area contributed by atoms with Gasteiger partial charge in [-0.2, -0.15) is 0 Å². The zero-order chi connectivity index (χ0) is 29.9. The van der Waals surface area contributed by atoms with Crippen molar-refractivity contribution < 1.29 is 9.59 Å². The van der Waals surface area contributed by atoms with Crippen molar-refractivity contribution >= 4 is 46.0 Å². The third-order valence-corrected chi connectivity index (χ3v) is 13.7. The standard InChI is InChI=1S/C39H44N4O2/c44-36-15-34(38-17-24-9-25(18-38)11-26(10-24)19-38)40-30-5-1-3-7-32(30)42(36)23-43-33-8-4-2-6-31(33)41-35(16-37(43)45)39-20-27-12-28(21-39)14-29(13-27)22-39/h1-8,24-29H,9-23H2. The normalized spacial score (nSPS) is 39.3. The van der Waals surface area contributed by atoms with Crippen molar-refractivity contribution in [3.05, 3.63) is 48.5 Å². The van der Waals surface area contributed by atoms with Crippen LogP contribution in [0, 0.1) is 46.3 Å². The van der Waals surface area contributed by atoms with Crippen molar-refractivity contribution in [1.29, 1.82) is 0 Å². The first-order valence-corrected chi connectivity index (χ1v) is 17.9. The second-order valence-corrected chi connectivity index (χ2v) is 16.6. The van der Waals surface area contributed by atoms with Crippen LogP contribution in [0.25, 0.3) is 0 Å². The summed E-state index contributed by atoms with van der Waals surface area (Å²) in [6.45, 7) is 0.193. The van der Waals surface area contributed by atoms with Gasteiger partial charge in [-0.1, -0.05) is 24.3 Å². The van der Waals surface area contributed by atoms with Crippen molar-refractivity contribution in [3.63, 3.8) is 0 Å². The van der Waals surface area contributed by atoms with Gasteiger partial charge >= 0.3 is 0 Å². The Labute approximate surface area is 266 Å². The molecule has 8 bridgehead atoms. The molecule has 2 aliphatic heterocycles. The predicted molar refractivity (Wildman–Crippen MR) is 177 cm³/mol. The Bertz CT molecular complexity index is 1480. The second kappa shape index (κ2) is 9.62. The summed E-state index contributed by atoms with van der Waals surface area (Å²) >= 11 is 0. The molecule has 0 radical (unpaired) electrons. The lowest BCUT2D eigenvalue weighted by atomic mass is 9.48. The molecule has 10 aliphatic rings. The summed E-state index contributed by atoms with van der Waals surface area (Å²) in [7, 11) is 0. The van der Waals surface area contributed by atoms with Crippen LogP contribution in [0.4, 0.5) is 22.7 Å². The molecule has 6 nitrogen and oxygen atoms in total. The van der Waals surface area contributed by atoms with Gasteiger partial charge in [0.25, 0.3) is 0 Å². The smallest absolute Gasteiger partial charge is 0.234 e. The molecule has 2 heterocycles. The highest BCUT2D eigenvalue weighted by atomic mass is 16.2. The molecule has 2 aromatic carbocycles. The van der Waals surface area contributed by atoms with Gasteiger partial charge in [0.1, 0.15) is 6.67 Å². The van der Waals surface area contributed by atoms with Gasteiger partial charge < -0.3 is 0 Å². The topological polar surface area (TPSA) is 65.3 Å². The van der Waals surface area contributed by atoms with Crippen molar-refractivity contribution in [2.24, 2.45) is 56.3 Å². The summed E-state index contributed by atoms with van der Waals surface area (Å²) in [5.41, 5.74) is 5.73. The molecule has 0 aromatic heterocycles. The number of para-hydroxylation sites is 4. The molecular formula is C39H44N4O2. The molecule has 6 heteroatoms.